The molecular weight excluding hydrogens is 266 g/mol. The number of hydrogen-bond donors (Lipinski definition) is 3. The lowest BCUT2D eigenvalue weighted by molar-refractivity contribution is 0.258. The van der Waals surface area contributed by atoms with Gasteiger partial charge in [0.05, 0.1) is 22.1 Å². The van der Waals surface area contributed by atoms with Gasteiger partial charge in [-0.25, -0.2) is 8.42 Å². The van der Waals surface area contributed by atoms with Crippen LogP contribution in [0.1, 0.15) is 13.8 Å². The van der Waals surface area contributed by atoms with Crippen LogP contribution in [0, 0.1) is 0 Å². The summed E-state index contributed by atoms with van der Waals surface area (Å²) >= 11 is 5.77. The van der Waals surface area contributed by atoms with Crippen molar-refractivity contribution in [1.29, 1.82) is 0 Å². The van der Waals surface area contributed by atoms with Crippen LogP contribution in [-0.2, 0) is 9.84 Å². The van der Waals surface area contributed by atoms with Crippen molar-refractivity contribution in [2.24, 2.45) is 0 Å². The third-order valence-electron chi connectivity index (χ3n) is 2.49. The summed E-state index contributed by atoms with van der Waals surface area (Å²) in [6.45, 7) is 2.07. The molecule has 17 heavy (non-hydrogen) atoms. The Morgan fingerprint density at radius 1 is 1.41 bits per heavy atom. The van der Waals surface area contributed by atoms with Gasteiger partial charge in [-0.3, -0.25) is 0 Å². The van der Waals surface area contributed by atoms with Gasteiger partial charge in [-0.05, 0) is 26.0 Å². The number of hydrogen-bond acceptors (Lipinski definition) is 5. The maximum Gasteiger partial charge on any atom is 0.190 e. The molecule has 0 aliphatic carbocycles. The van der Waals surface area contributed by atoms with Crippen molar-refractivity contribution in [3.63, 3.8) is 0 Å². The number of rotatable bonds is 3. The van der Waals surface area contributed by atoms with Crippen molar-refractivity contribution in [3.8, 4) is 5.75 Å². The van der Waals surface area contributed by atoms with E-state index in [1.807, 2.05) is 0 Å². The molecule has 0 amide bonds. The van der Waals surface area contributed by atoms with Crippen molar-refractivity contribution >= 4 is 27.1 Å². The number of phenolic OH excluding ortho intramolecular Hbond substituents is 1. The molecule has 0 heterocycles. The molecule has 0 spiro atoms. The molecule has 0 atom stereocenters. The Labute approximate surface area is 105 Å². The number of anilines is 1. The van der Waals surface area contributed by atoms with E-state index in [0.29, 0.717) is 0 Å². The second-order valence-electron chi connectivity index (χ2n) is 4.24. The van der Waals surface area contributed by atoms with Crippen molar-refractivity contribution in [3.05, 3.63) is 17.2 Å². The Bertz CT molecular complexity index is 539. The third kappa shape index (κ3) is 2.20. The first-order valence-electron chi connectivity index (χ1n) is 4.77. The quantitative estimate of drug-likeness (QED) is 0.570. The van der Waals surface area contributed by atoms with Crippen LogP contribution in [-0.4, -0.2) is 30.0 Å². The summed E-state index contributed by atoms with van der Waals surface area (Å²) in [5.74, 6) is -0.584. The van der Waals surface area contributed by atoms with E-state index in [4.69, 9.17) is 22.4 Å². The van der Waals surface area contributed by atoms with E-state index in [9.17, 15) is 13.5 Å². The highest BCUT2D eigenvalue weighted by molar-refractivity contribution is 7.93. The van der Waals surface area contributed by atoms with Crippen LogP contribution in [0.5, 0.6) is 5.75 Å². The van der Waals surface area contributed by atoms with Gasteiger partial charge in [0.15, 0.2) is 15.6 Å². The number of halogens is 1. The number of nitrogen functional groups attached to an aromatic ring is 1. The first kappa shape index (κ1) is 14.1. The van der Waals surface area contributed by atoms with Crippen LogP contribution in [0.2, 0.25) is 5.02 Å². The topological polar surface area (TPSA) is 101 Å². The standard InChI is InChI=1S/C10H14ClNO4S/c1-10(2,5-13)17(15,16)9-6(11)3-4-7(12)8(9)14/h3-4,13-14H,5,12H2,1-2H3. The summed E-state index contributed by atoms with van der Waals surface area (Å²) in [5.41, 5.74) is 5.35. The molecule has 4 N–H and O–H groups in total. The fourth-order valence-corrected chi connectivity index (χ4v) is 3.06. The van der Waals surface area contributed by atoms with Crippen LogP contribution >= 0.6 is 11.6 Å². The lowest BCUT2D eigenvalue weighted by atomic mass is 10.2. The second kappa shape index (κ2) is 4.36. The molecule has 0 bridgehead atoms. The smallest absolute Gasteiger partial charge is 0.190 e. The van der Waals surface area contributed by atoms with Crippen molar-refractivity contribution in [2.75, 3.05) is 12.3 Å². The summed E-state index contributed by atoms with van der Waals surface area (Å²) in [6, 6.07) is 2.60. The molecule has 0 radical (unpaired) electrons. The van der Waals surface area contributed by atoms with E-state index in [1.54, 1.807) is 0 Å². The van der Waals surface area contributed by atoms with E-state index in [2.05, 4.69) is 0 Å². The first-order chi connectivity index (χ1) is 7.65. The Balaban J connectivity index is 3.61. The molecule has 0 fully saturated rings. The highest BCUT2D eigenvalue weighted by Crippen LogP contribution is 2.39. The molecule has 0 aliphatic rings. The SMILES string of the molecule is CC(C)(CO)S(=O)(=O)c1c(Cl)ccc(N)c1O. The number of nitrogens with two attached hydrogens (primary N) is 1. The van der Waals surface area contributed by atoms with Crippen molar-refractivity contribution in [1.82, 2.24) is 0 Å². The molecule has 0 aromatic heterocycles. The monoisotopic (exact) mass is 279 g/mol. The van der Waals surface area contributed by atoms with Crippen LogP contribution in [0.15, 0.2) is 17.0 Å². The molecule has 1 rings (SSSR count). The zero-order valence-electron chi connectivity index (χ0n) is 9.44. The zero-order chi connectivity index (χ0) is 13.4. The zero-order valence-corrected chi connectivity index (χ0v) is 11.0. The van der Waals surface area contributed by atoms with Crippen LogP contribution < -0.4 is 5.73 Å². The van der Waals surface area contributed by atoms with Gasteiger partial charge in [0.1, 0.15) is 4.90 Å². The van der Waals surface area contributed by atoms with Gasteiger partial charge in [0, 0.05) is 0 Å². The van der Waals surface area contributed by atoms with Crippen molar-refractivity contribution < 1.29 is 18.6 Å². The molecule has 0 saturated carbocycles. The van der Waals surface area contributed by atoms with E-state index in [-0.39, 0.29) is 10.7 Å². The van der Waals surface area contributed by atoms with Gasteiger partial charge in [-0.15, -0.1) is 0 Å². The predicted molar refractivity (Wildman–Crippen MR) is 65.9 cm³/mol. The number of sulfone groups is 1. The van der Waals surface area contributed by atoms with Crippen LogP contribution in [0.3, 0.4) is 0 Å². The van der Waals surface area contributed by atoms with Gasteiger partial charge in [0.2, 0.25) is 0 Å². The summed E-state index contributed by atoms with van der Waals surface area (Å²) in [6.07, 6.45) is 0. The Kier molecular flexibility index (Phi) is 3.61. The highest BCUT2D eigenvalue weighted by atomic mass is 35.5. The fourth-order valence-electron chi connectivity index (χ4n) is 1.18. The molecule has 5 nitrogen and oxygen atoms in total. The fraction of sp³-hybridized carbons (Fsp3) is 0.400. The van der Waals surface area contributed by atoms with E-state index < -0.39 is 31.8 Å². The second-order valence-corrected chi connectivity index (χ2v) is 7.16. The Morgan fingerprint density at radius 2 is 1.94 bits per heavy atom. The maximum absolute atomic E-state index is 12.2. The van der Waals surface area contributed by atoms with E-state index >= 15 is 0 Å². The minimum Gasteiger partial charge on any atom is -0.504 e. The van der Waals surface area contributed by atoms with Gasteiger partial charge in [0.25, 0.3) is 0 Å². The van der Waals surface area contributed by atoms with Crippen molar-refractivity contribution in [2.45, 2.75) is 23.5 Å². The van der Waals surface area contributed by atoms with Crippen LogP contribution in [0.25, 0.3) is 0 Å². The molecule has 0 saturated heterocycles. The normalized spacial score (nSPS) is 12.7. The number of phenols is 1. The highest BCUT2D eigenvalue weighted by Gasteiger charge is 2.39. The molecule has 1 aromatic carbocycles. The average Bonchev–Trinajstić information content (AvgIpc) is 2.23. The van der Waals surface area contributed by atoms with Gasteiger partial charge >= 0.3 is 0 Å². The maximum atomic E-state index is 12.2. The molecular formula is C10H14ClNO4S. The third-order valence-corrected chi connectivity index (χ3v) is 5.45. The molecule has 7 heteroatoms. The Hall–Kier alpha value is -0.980. The lowest BCUT2D eigenvalue weighted by Gasteiger charge is -2.23. The largest absolute Gasteiger partial charge is 0.504 e. The molecule has 1 aromatic rings. The number of aromatic hydroxyl groups is 1. The average molecular weight is 280 g/mol. The molecule has 0 unspecified atom stereocenters. The number of benzene rings is 1. The van der Waals surface area contributed by atoms with Crippen LogP contribution in [0.4, 0.5) is 5.69 Å². The first-order valence-corrected chi connectivity index (χ1v) is 6.63. The van der Waals surface area contributed by atoms with E-state index in [1.165, 1.54) is 26.0 Å². The predicted octanol–water partition coefficient (Wildman–Crippen LogP) is 1.17. The lowest BCUT2D eigenvalue weighted by Crippen LogP contribution is -2.36. The summed E-state index contributed by atoms with van der Waals surface area (Å²) < 4.78 is 23.0. The van der Waals surface area contributed by atoms with Gasteiger partial charge < -0.3 is 15.9 Å². The van der Waals surface area contributed by atoms with E-state index in [0.717, 1.165) is 0 Å². The summed E-state index contributed by atoms with van der Waals surface area (Å²) in [5, 5.41) is 18.7. The molecule has 0 aliphatic heterocycles. The number of aliphatic hydroxyl groups is 1. The minimum absolute atomic E-state index is 0.0817. The number of aliphatic hydroxyl groups excluding tert-OH is 1. The van der Waals surface area contributed by atoms with Gasteiger partial charge in [-0.2, -0.15) is 0 Å². The summed E-state index contributed by atoms with van der Waals surface area (Å²) in [4.78, 5) is -0.446. The Morgan fingerprint density at radius 3 is 2.41 bits per heavy atom. The molecule has 96 valence electrons. The summed E-state index contributed by atoms with van der Waals surface area (Å²) in [7, 11) is -3.98. The van der Waals surface area contributed by atoms with Gasteiger partial charge in [-0.1, -0.05) is 11.6 Å². The minimum atomic E-state index is -3.98.